The molecule has 2 unspecified atom stereocenters. The highest BCUT2D eigenvalue weighted by Crippen LogP contribution is 2.17. The average Bonchev–Trinajstić information content (AvgIpc) is 3.05. The second-order valence-corrected chi connectivity index (χ2v) is 12.4. The highest BCUT2D eigenvalue weighted by Gasteiger charge is 2.36. The van der Waals surface area contributed by atoms with Crippen molar-refractivity contribution in [3.8, 4) is 0 Å². The van der Waals surface area contributed by atoms with Crippen LogP contribution >= 0.6 is 0 Å². The molecule has 1 fully saturated rings. The molecule has 2 rings (SSSR count). The topological polar surface area (TPSA) is 86.3 Å². The molecule has 252 valence electrons. The monoisotopic (exact) mass is 618 g/mol. The predicted octanol–water partition coefficient (Wildman–Crippen LogP) is 8.52. The molecule has 0 spiro atoms. The molecule has 44 heavy (non-hydrogen) atoms. The first-order chi connectivity index (χ1) is 21.6. The molecule has 0 saturated carbocycles. The fraction of sp³-hybridized carbons (Fsp3) is 0.778. The molecule has 1 aromatic carbocycles. The molecule has 0 bridgehead atoms. The van der Waals surface area contributed by atoms with Gasteiger partial charge in [0.05, 0.1) is 13.2 Å². The van der Waals surface area contributed by atoms with Gasteiger partial charge in [-0.1, -0.05) is 128 Å². The number of carbonyl (C=O) groups excluding carboxylic acids is 2. The van der Waals surface area contributed by atoms with Gasteiger partial charge >= 0.3 is 6.09 Å². The molecule has 1 aromatic rings. The van der Waals surface area contributed by atoms with E-state index in [0.29, 0.717) is 19.7 Å². The van der Waals surface area contributed by atoms with E-state index in [4.69, 9.17) is 19.2 Å². The van der Waals surface area contributed by atoms with E-state index in [1.54, 1.807) is 4.90 Å². The van der Waals surface area contributed by atoms with E-state index >= 15 is 0 Å². The summed E-state index contributed by atoms with van der Waals surface area (Å²) < 4.78 is 11.5. The number of likely N-dealkylation sites (tertiary alicyclic amines) is 1. The highest BCUT2D eigenvalue weighted by atomic mass is 17.2. The van der Waals surface area contributed by atoms with E-state index in [0.717, 1.165) is 50.5 Å². The molecule has 3 atom stereocenters. The second-order valence-electron chi connectivity index (χ2n) is 12.4. The van der Waals surface area contributed by atoms with Crippen LogP contribution in [0.25, 0.3) is 0 Å². The Hall–Kier alpha value is -2.16. The number of hydrogen-bond acceptors (Lipinski definition) is 6. The van der Waals surface area contributed by atoms with Gasteiger partial charge in [0.1, 0.15) is 6.10 Å². The second kappa shape index (κ2) is 25.1. The number of rotatable bonds is 25. The Morgan fingerprint density at radius 2 is 1.41 bits per heavy atom. The summed E-state index contributed by atoms with van der Waals surface area (Å²) in [5.74, 6) is -0.241. The fourth-order valence-corrected chi connectivity index (χ4v) is 5.86. The number of nitrogens with zero attached hydrogens (tertiary/aromatic N) is 1. The van der Waals surface area contributed by atoms with Crippen LogP contribution < -0.4 is 5.32 Å². The molecular weight excluding hydrogens is 556 g/mol. The lowest BCUT2D eigenvalue weighted by Gasteiger charge is -2.32. The zero-order chi connectivity index (χ0) is 31.7. The van der Waals surface area contributed by atoms with Gasteiger partial charge in [-0.05, 0) is 37.7 Å². The van der Waals surface area contributed by atoms with Gasteiger partial charge in [-0.3, -0.25) is 9.68 Å². The third-order valence-electron chi connectivity index (χ3n) is 8.54. The zero-order valence-corrected chi connectivity index (χ0v) is 28.1. The number of nitrogens with one attached hydrogen (secondary N) is 1. The molecule has 2 amide bonds. The van der Waals surface area contributed by atoms with Crippen LogP contribution in [0, 0.1) is 0 Å². The molecule has 1 saturated heterocycles. The maximum atomic E-state index is 13.5. The third kappa shape index (κ3) is 16.8. The maximum Gasteiger partial charge on any atom is 0.438 e. The standard InChI is InChI=1S/C36H62N2O6/c1-4-6-7-8-9-10-11-12-13-14-15-20-26-32(23-5-2)37-36(40)44-43-34(35(39)38-27-21-17-22-28-38)33(41-3)30-42-29-31-24-18-16-19-25-31/h16,18-19,24-25,32-34H,4-15,17,20-23,26-30H2,1-3H3,(H,37,40)/t32?,33?,34-/m0/s1. The van der Waals surface area contributed by atoms with Crippen molar-refractivity contribution in [1.29, 1.82) is 0 Å². The Morgan fingerprint density at radius 1 is 0.795 bits per heavy atom. The summed E-state index contributed by atoms with van der Waals surface area (Å²) >= 11 is 0. The molecule has 0 radical (unpaired) electrons. The van der Waals surface area contributed by atoms with Crippen LogP contribution in [0.5, 0.6) is 0 Å². The lowest BCUT2D eigenvalue weighted by molar-refractivity contribution is -0.290. The first-order valence-electron chi connectivity index (χ1n) is 17.7. The summed E-state index contributed by atoms with van der Waals surface area (Å²) in [7, 11) is 1.52. The van der Waals surface area contributed by atoms with E-state index in [1.807, 2.05) is 30.3 Å². The fourth-order valence-electron chi connectivity index (χ4n) is 5.86. The van der Waals surface area contributed by atoms with Gasteiger partial charge in [0.15, 0.2) is 0 Å². The van der Waals surface area contributed by atoms with Gasteiger partial charge in [-0.15, -0.1) is 0 Å². The minimum Gasteiger partial charge on any atom is -0.376 e. The summed E-state index contributed by atoms with van der Waals surface area (Å²) in [4.78, 5) is 38.8. The minimum atomic E-state index is -1.11. The Kier molecular flexibility index (Phi) is 21.7. The summed E-state index contributed by atoms with van der Waals surface area (Å²) in [6.07, 6.45) is 18.9. The van der Waals surface area contributed by atoms with Crippen molar-refractivity contribution in [2.75, 3.05) is 26.8 Å². The Morgan fingerprint density at radius 3 is 2.00 bits per heavy atom. The Labute approximate surface area is 267 Å². The highest BCUT2D eigenvalue weighted by molar-refractivity contribution is 5.81. The zero-order valence-electron chi connectivity index (χ0n) is 28.1. The average molecular weight is 619 g/mol. The van der Waals surface area contributed by atoms with Crippen LogP contribution in [0.15, 0.2) is 30.3 Å². The van der Waals surface area contributed by atoms with Crippen molar-refractivity contribution in [2.45, 2.75) is 154 Å². The number of piperidine rings is 1. The van der Waals surface area contributed by atoms with Crippen LogP contribution in [0.2, 0.25) is 0 Å². The molecule has 0 aromatic heterocycles. The van der Waals surface area contributed by atoms with Crippen LogP contribution in [-0.4, -0.2) is 62.0 Å². The lowest BCUT2D eigenvalue weighted by atomic mass is 10.0. The van der Waals surface area contributed by atoms with Crippen molar-refractivity contribution in [1.82, 2.24) is 10.2 Å². The predicted molar refractivity (Wildman–Crippen MR) is 176 cm³/mol. The van der Waals surface area contributed by atoms with E-state index in [2.05, 4.69) is 19.2 Å². The number of benzene rings is 1. The van der Waals surface area contributed by atoms with Gasteiger partial charge < -0.3 is 19.7 Å². The van der Waals surface area contributed by atoms with E-state index < -0.39 is 18.3 Å². The summed E-state index contributed by atoms with van der Waals surface area (Å²) in [5, 5.41) is 2.97. The van der Waals surface area contributed by atoms with Gasteiger partial charge in [0.2, 0.25) is 6.10 Å². The normalized spacial score (nSPS) is 15.5. The summed E-state index contributed by atoms with van der Waals surface area (Å²) in [5.41, 5.74) is 1.02. The van der Waals surface area contributed by atoms with E-state index in [9.17, 15) is 9.59 Å². The lowest BCUT2D eigenvalue weighted by Crippen LogP contribution is -2.50. The third-order valence-corrected chi connectivity index (χ3v) is 8.54. The van der Waals surface area contributed by atoms with E-state index in [1.165, 1.54) is 77.7 Å². The Bertz CT molecular complexity index is 848. The smallest absolute Gasteiger partial charge is 0.376 e. The molecule has 0 aliphatic carbocycles. The van der Waals surface area contributed by atoms with E-state index in [-0.39, 0.29) is 18.6 Å². The van der Waals surface area contributed by atoms with Gasteiger partial charge in [0.25, 0.3) is 5.91 Å². The van der Waals surface area contributed by atoms with Gasteiger partial charge in [0, 0.05) is 26.2 Å². The number of carbonyl (C=O) groups is 2. The molecular formula is C36H62N2O6. The number of amides is 2. The molecule has 1 heterocycles. The SMILES string of the molecule is CCCCCCCCCCCCCCC(CCC)NC(=O)OO[C@H](C(=O)N1CCCCC1)C(COCc1ccccc1)OC. The quantitative estimate of drug-likeness (QED) is 0.0672. The molecule has 1 aliphatic rings. The van der Waals surface area contributed by atoms with Crippen molar-refractivity contribution in [3.05, 3.63) is 35.9 Å². The summed E-state index contributed by atoms with van der Waals surface area (Å²) in [6.45, 7) is 6.20. The first kappa shape index (κ1) is 38.0. The maximum absolute atomic E-state index is 13.5. The number of methoxy groups -OCH3 is 1. The van der Waals surface area contributed by atoms with Crippen LogP contribution in [0.1, 0.15) is 135 Å². The number of unbranched alkanes of at least 4 members (excludes halogenated alkanes) is 11. The number of hydrogen-bond donors (Lipinski definition) is 1. The van der Waals surface area contributed by atoms with Crippen LogP contribution in [-0.2, 0) is 30.7 Å². The van der Waals surface area contributed by atoms with Crippen molar-refractivity contribution in [3.63, 3.8) is 0 Å². The summed E-state index contributed by atoms with van der Waals surface area (Å²) in [6, 6.07) is 9.83. The molecule has 8 heteroatoms. The Balaban J connectivity index is 1.77. The van der Waals surface area contributed by atoms with Crippen molar-refractivity contribution >= 4 is 12.0 Å². The first-order valence-corrected chi connectivity index (χ1v) is 17.7. The van der Waals surface area contributed by atoms with Gasteiger partial charge in [-0.25, -0.2) is 4.79 Å². The molecule has 1 aliphatic heterocycles. The van der Waals surface area contributed by atoms with Gasteiger partial charge in [-0.2, -0.15) is 4.89 Å². The van der Waals surface area contributed by atoms with Crippen molar-refractivity contribution in [2.24, 2.45) is 0 Å². The largest absolute Gasteiger partial charge is 0.438 e. The molecule has 8 nitrogen and oxygen atoms in total. The minimum absolute atomic E-state index is 0.0166. The van der Waals surface area contributed by atoms with Crippen LogP contribution in [0.3, 0.4) is 0 Å². The number of ether oxygens (including phenoxy) is 2. The van der Waals surface area contributed by atoms with Crippen LogP contribution in [0.4, 0.5) is 4.79 Å². The molecule has 1 N–H and O–H groups in total. The van der Waals surface area contributed by atoms with Crippen molar-refractivity contribution < 1.29 is 28.8 Å².